The van der Waals surface area contributed by atoms with Crippen LogP contribution in [0, 0.1) is 23.7 Å². The van der Waals surface area contributed by atoms with Gasteiger partial charge in [0, 0.05) is 16.6 Å². The molecular formula is C22H25BrN4O3. The topological polar surface area (TPSA) is 101 Å². The third-order valence-electron chi connectivity index (χ3n) is 5.16. The largest absolute Gasteiger partial charge is 0.449 e. The van der Waals surface area contributed by atoms with Gasteiger partial charge >= 0.3 is 6.09 Å². The molecule has 2 atom stereocenters. The van der Waals surface area contributed by atoms with Crippen LogP contribution < -0.4 is 5.73 Å². The highest BCUT2D eigenvalue weighted by Crippen LogP contribution is 2.32. The van der Waals surface area contributed by atoms with Crippen molar-refractivity contribution in [2.75, 3.05) is 13.2 Å². The molecular weight excluding hydrogens is 448 g/mol. The monoisotopic (exact) mass is 472 g/mol. The van der Waals surface area contributed by atoms with Crippen LogP contribution in [0.15, 0.2) is 34.9 Å². The second-order valence-corrected chi connectivity index (χ2v) is 8.52. The number of rotatable bonds is 5. The van der Waals surface area contributed by atoms with Crippen LogP contribution in [0.5, 0.6) is 0 Å². The molecule has 2 aromatic rings. The van der Waals surface area contributed by atoms with E-state index < -0.39 is 12.0 Å². The van der Waals surface area contributed by atoms with Crippen molar-refractivity contribution >= 4 is 27.9 Å². The summed E-state index contributed by atoms with van der Waals surface area (Å²) in [5.74, 6) is 6.44. The lowest BCUT2D eigenvalue weighted by molar-refractivity contribution is -0.139. The van der Waals surface area contributed by atoms with Crippen molar-refractivity contribution in [1.82, 2.24) is 14.9 Å². The minimum Gasteiger partial charge on any atom is -0.449 e. The van der Waals surface area contributed by atoms with Gasteiger partial charge in [0.1, 0.15) is 18.1 Å². The molecule has 0 saturated carbocycles. The van der Waals surface area contributed by atoms with Crippen LogP contribution >= 0.6 is 15.9 Å². The number of imidazole rings is 1. The van der Waals surface area contributed by atoms with Crippen molar-refractivity contribution in [2.45, 2.75) is 32.7 Å². The van der Waals surface area contributed by atoms with Crippen LogP contribution in [0.1, 0.15) is 49.8 Å². The Morgan fingerprint density at radius 3 is 2.73 bits per heavy atom. The van der Waals surface area contributed by atoms with Gasteiger partial charge in [0.25, 0.3) is 0 Å². The molecule has 0 radical (unpaired) electrons. The van der Waals surface area contributed by atoms with Crippen LogP contribution in [0.4, 0.5) is 4.79 Å². The molecule has 0 bridgehead atoms. The van der Waals surface area contributed by atoms with E-state index in [1.807, 2.05) is 43.0 Å². The minimum absolute atomic E-state index is 0.0158. The number of amides is 2. The SMILES string of the molecule is CC(C)C(COC(N)=O)C(=O)N1CCCC1c1ncc(C#Cc2ccc(Br)cc2)[nH]1. The Hall–Kier alpha value is -2.79. The second kappa shape index (κ2) is 9.81. The third kappa shape index (κ3) is 5.42. The molecule has 1 fully saturated rings. The number of carbonyl (C=O) groups excluding carboxylic acids is 2. The van der Waals surface area contributed by atoms with Crippen molar-refractivity contribution in [1.29, 1.82) is 0 Å². The van der Waals surface area contributed by atoms with Crippen LogP contribution in [-0.4, -0.2) is 40.0 Å². The Kier molecular flexibility index (Phi) is 7.16. The van der Waals surface area contributed by atoms with Gasteiger partial charge < -0.3 is 20.4 Å². The van der Waals surface area contributed by atoms with Crippen molar-refractivity contribution in [3.8, 4) is 11.8 Å². The Morgan fingerprint density at radius 1 is 1.33 bits per heavy atom. The number of aromatic nitrogens is 2. The summed E-state index contributed by atoms with van der Waals surface area (Å²) >= 11 is 3.41. The van der Waals surface area contributed by atoms with Gasteiger partial charge in [-0.25, -0.2) is 9.78 Å². The number of nitrogens with zero attached hydrogens (tertiary/aromatic N) is 2. The zero-order valence-electron chi connectivity index (χ0n) is 17.0. The van der Waals surface area contributed by atoms with E-state index in [2.05, 4.69) is 37.7 Å². The Morgan fingerprint density at radius 2 is 2.07 bits per heavy atom. The summed E-state index contributed by atoms with van der Waals surface area (Å²) in [6.07, 6.45) is 2.53. The zero-order chi connectivity index (χ0) is 21.7. The van der Waals surface area contributed by atoms with Crippen molar-refractivity contribution < 1.29 is 14.3 Å². The fourth-order valence-corrected chi connectivity index (χ4v) is 3.76. The molecule has 0 spiro atoms. The number of H-pyrrole nitrogens is 1. The fourth-order valence-electron chi connectivity index (χ4n) is 3.49. The molecule has 2 amide bonds. The maximum atomic E-state index is 13.1. The highest BCUT2D eigenvalue weighted by atomic mass is 79.9. The average molecular weight is 473 g/mol. The lowest BCUT2D eigenvalue weighted by atomic mass is 9.95. The highest BCUT2D eigenvalue weighted by Gasteiger charge is 2.37. The predicted molar refractivity (Wildman–Crippen MR) is 116 cm³/mol. The molecule has 7 nitrogen and oxygen atoms in total. The number of hydrogen-bond acceptors (Lipinski definition) is 4. The minimum atomic E-state index is -0.869. The molecule has 1 aliphatic rings. The van der Waals surface area contributed by atoms with Crippen LogP contribution in [0.25, 0.3) is 0 Å². The number of ether oxygens (including phenoxy) is 1. The standard InChI is InChI=1S/C22H25BrN4O3/c1-14(2)18(13-30-22(24)29)21(28)27-11-3-4-19(27)20-25-12-17(26-20)10-7-15-5-8-16(23)9-6-15/h5-6,8-9,12,14,18-19H,3-4,11,13H2,1-2H3,(H2,24,29)(H,25,26). The number of likely N-dealkylation sites (tertiary alicyclic amines) is 1. The van der Waals surface area contributed by atoms with E-state index in [0.717, 1.165) is 28.7 Å². The van der Waals surface area contributed by atoms with Crippen molar-refractivity contribution in [2.24, 2.45) is 17.6 Å². The highest BCUT2D eigenvalue weighted by molar-refractivity contribution is 9.10. The van der Waals surface area contributed by atoms with Crippen molar-refractivity contribution in [3.63, 3.8) is 0 Å². The van der Waals surface area contributed by atoms with Gasteiger partial charge in [-0.2, -0.15) is 0 Å². The normalized spacial score (nSPS) is 16.8. The summed E-state index contributed by atoms with van der Waals surface area (Å²) in [7, 11) is 0. The number of aromatic amines is 1. The van der Waals surface area contributed by atoms with Crippen molar-refractivity contribution in [3.05, 3.63) is 52.0 Å². The van der Waals surface area contributed by atoms with Crippen LogP contribution in [-0.2, 0) is 9.53 Å². The zero-order valence-corrected chi connectivity index (χ0v) is 18.6. The summed E-state index contributed by atoms with van der Waals surface area (Å²) < 4.78 is 5.92. The van der Waals surface area contributed by atoms with Crippen LogP contribution in [0.3, 0.4) is 0 Å². The van der Waals surface area contributed by atoms with Gasteiger partial charge in [0.15, 0.2) is 0 Å². The van der Waals surface area contributed by atoms with Gasteiger partial charge in [-0.05, 0) is 48.9 Å². The molecule has 3 rings (SSSR count). The predicted octanol–water partition coefficient (Wildman–Crippen LogP) is 3.60. The second-order valence-electron chi connectivity index (χ2n) is 7.61. The summed E-state index contributed by atoms with van der Waals surface area (Å²) in [5.41, 5.74) is 6.68. The van der Waals surface area contributed by atoms with Gasteiger partial charge in [0.2, 0.25) is 5.91 Å². The van der Waals surface area contributed by atoms with E-state index in [1.165, 1.54) is 0 Å². The lowest BCUT2D eigenvalue weighted by Gasteiger charge is -2.29. The van der Waals surface area contributed by atoms with E-state index >= 15 is 0 Å². The van der Waals surface area contributed by atoms with Gasteiger partial charge in [-0.3, -0.25) is 4.79 Å². The Balaban J connectivity index is 1.73. The quantitative estimate of drug-likeness (QED) is 0.648. The maximum absolute atomic E-state index is 13.1. The number of nitrogens with two attached hydrogens (primary N) is 1. The number of halogens is 1. The molecule has 30 heavy (non-hydrogen) atoms. The molecule has 8 heteroatoms. The molecule has 3 N–H and O–H groups in total. The molecule has 1 aromatic carbocycles. The summed E-state index contributed by atoms with van der Waals surface area (Å²) in [5, 5.41) is 0. The Bertz CT molecular complexity index is 959. The van der Waals surface area contributed by atoms with Gasteiger partial charge in [-0.1, -0.05) is 35.7 Å². The summed E-state index contributed by atoms with van der Waals surface area (Å²) in [6.45, 7) is 4.49. The smallest absolute Gasteiger partial charge is 0.404 e. The van der Waals surface area contributed by atoms with Gasteiger partial charge in [0.05, 0.1) is 18.2 Å². The van der Waals surface area contributed by atoms with E-state index in [1.54, 1.807) is 6.20 Å². The number of carbonyl (C=O) groups is 2. The maximum Gasteiger partial charge on any atom is 0.404 e. The molecule has 2 unspecified atom stereocenters. The Labute approximate surface area is 184 Å². The molecule has 1 aromatic heterocycles. The van der Waals surface area contributed by atoms with E-state index in [-0.39, 0.29) is 24.5 Å². The fraction of sp³-hybridized carbons (Fsp3) is 0.409. The third-order valence-corrected chi connectivity index (χ3v) is 5.69. The van der Waals surface area contributed by atoms with E-state index in [9.17, 15) is 9.59 Å². The first-order valence-electron chi connectivity index (χ1n) is 9.90. The van der Waals surface area contributed by atoms with E-state index in [0.29, 0.717) is 12.2 Å². The molecule has 2 heterocycles. The first-order chi connectivity index (χ1) is 14.3. The lowest BCUT2D eigenvalue weighted by Crippen LogP contribution is -2.40. The number of primary amides is 1. The number of nitrogens with one attached hydrogen (secondary N) is 1. The van der Waals surface area contributed by atoms with Crippen LogP contribution in [0.2, 0.25) is 0 Å². The molecule has 158 valence electrons. The average Bonchev–Trinajstić information content (AvgIpc) is 3.36. The summed E-state index contributed by atoms with van der Waals surface area (Å²) in [6, 6.07) is 7.61. The van der Waals surface area contributed by atoms with E-state index in [4.69, 9.17) is 10.5 Å². The summed E-state index contributed by atoms with van der Waals surface area (Å²) in [4.78, 5) is 33.7. The molecule has 1 aliphatic heterocycles. The first-order valence-corrected chi connectivity index (χ1v) is 10.7. The first kappa shape index (κ1) is 21.9. The number of hydrogen-bond donors (Lipinski definition) is 2. The number of benzene rings is 1. The molecule has 0 aliphatic carbocycles. The van der Waals surface area contributed by atoms with Gasteiger partial charge in [-0.15, -0.1) is 0 Å². The molecule has 1 saturated heterocycles.